The van der Waals surface area contributed by atoms with E-state index in [9.17, 15) is 0 Å². The molecule has 0 spiro atoms. The van der Waals surface area contributed by atoms with Gasteiger partial charge in [0, 0.05) is 49.6 Å². The summed E-state index contributed by atoms with van der Waals surface area (Å²) >= 11 is 0. The predicted molar refractivity (Wildman–Crippen MR) is 240 cm³/mol. The standard InChI is InChI=1S/C52H35N5O/c1-3-16-33(17-4-2)50-53-51(34-18-7-5-8-19-34)55-52(54-50)35-20-15-23-37(32-35)57-43-27-14-12-25-41(43)47-45(57)31-29-39-38-28-30-44-46(48(38)58-49(39)47)40-24-11-13-26-42(40)56(44)36-21-9-6-10-22-36/h3-32H,1H2,2H3/b17-4-,33-16+. The van der Waals surface area contributed by atoms with E-state index in [-0.39, 0.29) is 0 Å². The number of hydrogen-bond acceptors (Lipinski definition) is 4. The highest BCUT2D eigenvalue weighted by Crippen LogP contribution is 2.45. The largest absolute Gasteiger partial charge is 0.455 e. The van der Waals surface area contributed by atoms with E-state index in [1.807, 2.05) is 55.5 Å². The van der Waals surface area contributed by atoms with E-state index >= 15 is 0 Å². The van der Waals surface area contributed by atoms with Gasteiger partial charge in [-0.05, 0) is 67.6 Å². The molecule has 0 atom stereocenters. The van der Waals surface area contributed by atoms with Crippen LogP contribution in [0.1, 0.15) is 12.7 Å². The Morgan fingerprint density at radius 3 is 1.67 bits per heavy atom. The van der Waals surface area contributed by atoms with Gasteiger partial charge < -0.3 is 13.6 Å². The van der Waals surface area contributed by atoms with Gasteiger partial charge in [0.05, 0.1) is 32.8 Å². The Bertz CT molecular complexity index is 3480. The molecule has 7 aromatic carbocycles. The molecule has 0 aliphatic carbocycles. The molecule has 0 aliphatic rings. The van der Waals surface area contributed by atoms with Crippen molar-refractivity contribution in [1.82, 2.24) is 24.1 Å². The monoisotopic (exact) mass is 745 g/mol. The molecule has 0 amide bonds. The molecular weight excluding hydrogens is 711 g/mol. The highest BCUT2D eigenvalue weighted by molar-refractivity contribution is 6.29. The molecule has 4 heterocycles. The quantitative estimate of drug-likeness (QED) is 0.152. The molecule has 6 heteroatoms. The van der Waals surface area contributed by atoms with E-state index in [4.69, 9.17) is 19.4 Å². The second-order valence-electron chi connectivity index (χ2n) is 14.4. The van der Waals surface area contributed by atoms with Crippen molar-refractivity contribution in [2.24, 2.45) is 0 Å². The Labute approximate surface area is 334 Å². The number of nitrogens with zero attached hydrogens (tertiary/aromatic N) is 5. The fraction of sp³-hybridized carbons (Fsp3) is 0.0192. The maximum Gasteiger partial charge on any atom is 0.164 e. The smallest absolute Gasteiger partial charge is 0.164 e. The molecule has 11 aromatic rings. The van der Waals surface area contributed by atoms with Gasteiger partial charge in [0.1, 0.15) is 11.2 Å². The van der Waals surface area contributed by atoms with Gasteiger partial charge in [-0.1, -0.05) is 128 Å². The van der Waals surface area contributed by atoms with E-state index in [0.29, 0.717) is 17.5 Å². The lowest BCUT2D eigenvalue weighted by molar-refractivity contribution is 0.677. The van der Waals surface area contributed by atoms with Gasteiger partial charge in [-0.3, -0.25) is 0 Å². The Balaban J connectivity index is 1.14. The van der Waals surface area contributed by atoms with Gasteiger partial charge >= 0.3 is 0 Å². The first kappa shape index (κ1) is 33.5. The van der Waals surface area contributed by atoms with Gasteiger partial charge in [0.15, 0.2) is 17.5 Å². The summed E-state index contributed by atoms with van der Waals surface area (Å²) in [4.78, 5) is 15.0. The minimum absolute atomic E-state index is 0.581. The van der Waals surface area contributed by atoms with Crippen LogP contribution < -0.4 is 0 Å². The van der Waals surface area contributed by atoms with Crippen LogP contribution in [0.25, 0.3) is 105 Å². The van der Waals surface area contributed by atoms with Crippen LogP contribution in [-0.2, 0) is 0 Å². The molecule has 11 rings (SSSR count). The third kappa shape index (κ3) is 5.16. The maximum absolute atomic E-state index is 7.15. The topological polar surface area (TPSA) is 61.7 Å². The minimum Gasteiger partial charge on any atom is -0.455 e. The van der Waals surface area contributed by atoms with Crippen molar-refractivity contribution in [3.05, 3.63) is 194 Å². The predicted octanol–water partition coefficient (Wildman–Crippen LogP) is 13.4. The lowest BCUT2D eigenvalue weighted by atomic mass is 10.1. The summed E-state index contributed by atoms with van der Waals surface area (Å²) in [5, 5.41) is 6.67. The van der Waals surface area contributed by atoms with Crippen molar-refractivity contribution in [2.75, 3.05) is 0 Å². The lowest BCUT2D eigenvalue weighted by Crippen LogP contribution is -2.03. The molecule has 0 bridgehead atoms. The van der Waals surface area contributed by atoms with E-state index < -0.39 is 0 Å². The summed E-state index contributed by atoms with van der Waals surface area (Å²) in [5.41, 5.74) is 10.9. The molecule has 0 radical (unpaired) electrons. The number of furan rings is 1. The number of aromatic nitrogens is 5. The highest BCUT2D eigenvalue weighted by Gasteiger charge is 2.23. The van der Waals surface area contributed by atoms with Gasteiger partial charge in [0.25, 0.3) is 0 Å². The summed E-state index contributed by atoms with van der Waals surface area (Å²) < 4.78 is 11.8. The van der Waals surface area contributed by atoms with E-state index in [1.54, 1.807) is 6.08 Å². The second kappa shape index (κ2) is 13.4. The molecule has 274 valence electrons. The van der Waals surface area contributed by atoms with Crippen LogP contribution in [0, 0.1) is 0 Å². The Morgan fingerprint density at radius 1 is 0.517 bits per heavy atom. The zero-order valence-corrected chi connectivity index (χ0v) is 31.7. The number of benzene rings is 7. The molecule has 58 heavy (non-hydrogen) atoms. The van der Waals surface area contributed by atoms with E-state index in [2.05, 4.69) is 143 Å². The molecule has 0 aliphatic heterocycles. The number of fused-ring (bicyclic) bond motifs is 11. The first-order valence-corrected chi connectivity index (χ1v) is 19.4. The summed E-state index contributed by atoms with van der Waals surface area (Å²) in [6.07, 6.45) is 7.66. The van der Waals surface area contributed by atoms with Crippen LogP contribution in [0.3, 0.4) is 0 Å². The molecule has 0 unspecified atom stereocenters. The van der Waals surface area contributed by atoms with E-state index in [0.717, 1.165) is 93.6 Å². The van der Waals surface area contributed by atoms with Crippen LogP contribution in [-0.4, -0.2) is 24.1 Å². The maximum atomic E-state index is 7.15. The zero-order chi connectivity index (χ0) is 38.7. The summed E-state index contributed by atoms with van der Waals surface area (Å²) in [7, 11) is 0. The molecule has 0 fully saturated rings. The van der Waals surface area contributed by atoms with E-state index in [1.165, 1.54) is 0 Å². The van der Waals surface area contributed by atoms with Crippen LogP contribution in [0.4, 0.5) is 0 Å². The highest BCUT2D eigenvalue weighted by atomic mass is 16.3. The Hall–Kier alpha value is -7.83. The number of para-hydroxylation sites is 3. The summed E-state index contributed by atoms with van der Waals surface area (Å²) in [5.74, 6) is 1.78. The van der Waals surface area contributed by atoms with Gasteiger partial charge in [0.2, 0.25) is 0 Å². The molecule has 0 N–H and O–H groups in total. The fourth-order valence-electron chi connectivity index (χ4n) is 8.57. The third-order valence-electron chi connectivity index (χ3n) is 11.0. The minimum atomic E-state index is 0.581. The lowest BCUT2D eigenvalue weighted by Gasteiger charge is -2.11. The van der Waals surface area contributed by atoms with Gasteiger partial charge in [-0.25, -0.2) is 15.0 Å². The first-order chi connectivity index (χ1) is 28.7. The molecular formula is C52H35N5O. The molecule has 0 saturated heterocycles. The van der Waals surface area contributed by atoms with Gasteiger partial charge in [-0.2, -0.15) is 0 Å². The van der Waals surface area contributed by atoms with Crippen molar-refractivity contribution in [3.8, 4) is 34.2 Å². The third-order valence-corrected chi connectivity index (χ3v) is 11.0. The SMILES string of the molecule is C=C/C=C(\C=C/C)c1nc(-c2ccccc2)nc(-c2cccc(-n3c4ccccc4c4c5oc6c(ccc7c6c6ccccc6n7-c6ccccc6)c5ccc43)c2)n1. The number of allylic oxidation sites excluding steroid dienone is 5. The zero-order valence-electron chi connectivity index (χ0n) is 31.7. The number of rotatable bonds is 7. The average Bonchev–Trinajstić information content (AvgIpc) is 3.94. The normalized spacial score (nSPS) is 12.3. The van der Waals surface area contributed by atoms with Crippen molar-refractivity contribution in [1.29, 1.82) is 0 Å². The molecule has 0 saturated carbocycles. The van der Waals surface area contributed by atoms with Crippen LogP contribution >= 0.6 is 0 Å². The summed E-state index contributed by atoms with van der Waals surface area (Å²) in [6, 6.07) is 55.1. The Kier molecular flexibility index (Phi) is 7.76. The first-order valence-electron chi connectivity index (χ1n) is 19.4. The molecule has 6 nitrogen and oxygen atoms in total. The Morgan fingerprint density at radius 2 is 1.05 bits per heavy atom. The van der Waals surface area contributed by atoms with Crippen LogP contribution in [0.15, 0.2) is 193 Å². The van der Waals surface area contributed by atoms with Gasteiger partial charge in [-0.15, -0.1) is 0 Å². The summed E-state index contributed by atoms with van der Waals surface area (Å²) in [6.45, 7) is 5.92. The molecule has 4 aromatic heterocycles. The van der Waals surface area contributed by atoms with Crippen LogP contribution in [0.2, 0.25) is 0 Å². The fourth-order valence-corrected chi connectivity index (χ4v) is 8.57. The van der Waals surface area contributed by atoms with Crippen molar-refractivity contribution in [2.45, 2.75) is 6.92 Å². The number of hydrogen-bond donors (Lipinski definition) is 0. The van der Waals surface area contributed by atoms with Crippen molar-refractivity contribution < 1.29 is 4.42 Å². The van der Waals surface area contributed by atoms with Crippen molar-refractivity contribution >= 4 is 71.1 Å². The van der Waals surface area contributed by atoms with Crippen molar-refractivity contribution in [3.63, 3.8) is 0 Å². The van der Waals surface area contributed by atoms with Crippen LogP contribution in [0.5, 0.6) is 0 Å². The average molecular weight is 746 g/mol. The second-order valence-corrected chi connectivity index (χ2v) is 14.4.